The highest BCUT2D eigenvalue weighted by Crippen LogP contribution is 2.04. The second kappa shape index (κ2) is 6.52. The van der Waals surface area contributed by atoms with Crippen molar-refractivity contribution in [2.24, 2.45) is 14.1 Å². The van der Waals surface area contributed by atoms with Crippen LogP contribution >= 0.6 is 0 Å². The minimum atomic E-state index is -0.630. The molecule has 1 amide bonds. The summed E-state index contributed by atoms with van der Waals surface area (Å²) in [6.07, 6.45) is 1.15. The number of carbonyl (C=O) groups excluding carboxylic acids is 2. The molecule has 10 nitrogen and oxygen atoms in total. The number of fused-ring (bicyclic) bond motifs is 1. The molecule has 0 unspecified atom stereocenters. The summed E-state index contributed by atoms with van der Waals surface area (Å²) in [4.78, 5) is 51.4. The van der Waals surface area contributed by atoms with Crippen molar-refractivity contribution >= 4 is 23.2 Å². The van der Waals surface area contributed by atoms with Crippen LogP contribution in [-0.2, 0) is 23.6 Å². The molecule has 0 fully saturated rings. The first-order chi connectivity index (χ1) is 11.3. The number of amides is 1. The molecule has 10 heteroatoms. The predicted molar refractivity (Wildman–Crippen MR) is 84.8 cm³/mol. The van der Waals surface area contributed by atoms with Crippen LogP contribution in [0.3, 0.4) is 0 Å². The van der Waals surface area contributed by atoms with Crippen LogP contribution in [0.25, 0.3) is 11.2 Å². The molecule has 24 heavy (non-hydrogen) atoms. The fraction of sp³-hybridized carbons (Fsp3) is 0.357. The summed E-state index contributed by atoms with van der Waals surface area (Å²) in [7, 11) is 2.77. The second-order valence-corrected chi connectivity index (χ2v) is 5.14. The Labute approximate surface area is 136 Å². The maximum Gasteiger partial charge on any atom is 0.333 e. The van der Waals surface area contributed by atoms with Crippen LogP contribution in [0, 0.1) is 0 Å². The molecule has 0 bridgehead atoms. The van der Waals surface area contributed by atoms with Gasteiger partial charge in [0.25, 0.3) is 5.56 Å². The van der Waals surface area contributed by atoms with E-state index in [0.717, 1.165) is 15.5 Å². The average Bonchev–Trinajstić information content (AvgIpc) is 2.99. The van der Waals surface area contributed by atoms with E-state index in [0.29, 0.717) is 0 Å². The van der Waals surface area contributed by atoms with Gasteiger partial charge in [0.05, 0.1) is 6.54 Å². The maximum absolute atomic E-state index is 12.2. The average molecular weight is 335 g/mol. The lowest BCUT2D eigenvalue weighted by molar-refractivity contribution is -0.138. The number of ether oxygens (including phenoxy) is 1. The van der Waals surface area contributed by atoms with Gasteiger partial charge < -0.3 is 10.1 Å². The monoisotopic (exact) mass is 335 g/mol. The second-order valence-electron chi connectivity index (χ2n) is 5.14. The zero-order chi connectivity index (χ0) is 18.0. The third-order valence-corrected chi connectivity index (χ3v) is 3.33. The van der Waals surface area contributed by atoms with E-state index >= 15 is 0 Å². The molecule has 0 saturated carbocycles. The van der Waals surface area contributed by atoms with Crippen molar-refractivity contribution in [3.8, 4) is 0 Å². The minimum absolute atomic E-state index is 0.0176. The van der Waals surface area contributed by atoms with E-state index in [1.165, 1.54) is 25.6 Å². The number of carbonyl (C=O) groups is 2. The van der Waals surface area contributed by atoms with Gasteiger partial charge in [-0.1, -0.05) is 6.58 Å². The van der Waals surface area contributed by atoms with Crippen molar-refractivity contribution in [2.45, 2.75) is 6.92 Å². The number of nitrogens with zero attached hydrogens (tertiary/aromatic N) is 4. The Morgan fingerprint density at radius 1 is 1.29 bits per heavy atom. The van der Waals surface area contributed by atoms with Crippen LogP contribution in [0.5, 0.6) is 0 Å². The highest BCUT2D eigenvalue weighted by molar-refractivity contribution is 5.88. The third kappa shape index (κ3) is 2.98. The largest absolute Gasteiger partial charge is 0.460 e. The van der Waals surface area contributed by atoms with Crippen LogP contribution in [-0.4, -0.2) is 43.8 Å². The zero-order valence-corrected chi connectivity index (χ0v) is 13.5. The lowest BCUT2D eigenvalue weighted by Crippen LogP contribution is -2.39. The molecule has 1 N–H and O–H groups in total. The first-order valence-electron chi connectivity index (χ1n) is 6.99. The Kier molecular flexibility index (Phi) is 4.67. The zero-order valence-electron chi connectivity index (χ0n) is 13.5. The summed E-state index contributed by atoms with van der Waals surface area (Å²) < 4.78 is 7.93. The van der Waals surface area contributed by atoms with E-state index in [-0.39, 0.29) is 29.9 Å². The van der Waals surface area contributed by atoms with Crippen LogP contribution in [0.1, 0.15) is 6.92 Å². The standard InChI is InChI=1S/C14H17N5O5/c1-8(2)12(21)24-6-5-15-13(22)19-7-16-10-9(19)11(20)18(4)14(23)17(10)3/h7H,1,5-6H2,2-4H3,(H,15,22). The summed E-state index contributed by atoms with van der Waals surface area (Å²) in [6.45, 7) is 4.95. The SMILES string of the molecule is C=C(C)C(=O)OCCNC(=O)n1cnc2c1c(=O)n(C)c(=O)n2C. The Bertz CT molecular complexity index is 949. The van der Waals surface area contributed by atoms with E-state index in [2.05, 4.69) is 16.9 Å². The first kappa shape index (κ1) is 17.2. The first-order valence-corrected chi connectivity index (χ1v) is 6.99. The summed E-state index contributed by atoms with van der Waals surface area (Å²) in [5.74, 6) is -0.554. The van der Waals surface area contributed by atoms with E-state index in [9.17, 15) is 19.2 Å². The van der Waals surface area contributed by atoms with Crippen molar-refractivity contribution in [1.29, 1.82) is 0 Å². The third-order valence-electron chi connectivity index (χ3n) is 3.33. The maximum atomic E-state index is 12.2. The molecule has 0 aliphatic carbocycles. The lowest BCUT2D eigenvalue weighted by Gasteiger charge is -2.08. The number of nitrogens with one attached hydrogen (secondary N) is 1. The molecule has 2 aromatic rings. The number of aryl methyl sites for hydroxylation is 1. The van der Waals surface area contributed by atoms with Gasteiger partial charge in [0.1, 0.15) is 12.9 Å². The van der Waals surface area contributed by atoms with Crippen molar-refractivity contribution in [1.82, 2.24) is 24.0 Å². The summed E-state index contributed by atoms with van der Waals surface area (Å²) in [5.41, 5.74) is -0.825. The number of imidazole rings is 1. The van der Waals surface area contributed by atoms with Crippen molar-refractivity contribution < 1.29 is 14.3 Å². The molecule has 2 heterocycles. The number of rotatable bonds is 4. The van der Waals surface area contributed by atoms with Gasteiger partial charge in [0.2, 0.25) is 0 Å². The van der Waals surface area contributed by atoms with Gasteiger partial charge in [-0.15, -0.1) is 0 Å². The Balaban J connectivity index is 2.20. The molecule has 0 atom stereocenters. The summed E-state index contributed by atoms with van der Waals surface area (Å²) in [5, 5.41) is 2.49. The molecule has 0 spiro atoms. The highest BCUT2D eigenvalue weighted by atomic mass is 16.5. The van der Waals surface area contributed by atoms with Crippen LogP contribution in [0.2, 0.25) is 0 Å². The van der Waals surface area contributed by atoms with Gasteiger partial charge >= 0.3 is 17.7 Å². The smallest absolute Gasteiger partial charge is 0.333 e. The molecular weight excluding hydrogens is 318 g/mol. The number of hydrogen-bond donors (Lipinski definition) is 1. The number of hydrogen-bond acceptors (Lipinski definition) is 6. The van der Waals surface area contributed by atoms with Gasteiger partial charge in [-0.05, 0) is 6.92 Å². The molecule has 128 valence electrons. The highest BCUT2D eigenvalue weighted by Gasteiger charge is 2.17. The van der Waals surface area contributed by atoms with E-state index < -0.39 is 23.2 Å². The molecule has 0 aliphatic rings. The Morgan fingerprint density at radius 2 is 1.96 bits per heavy atom. The van der Waals surface area contributed by atoms with Crippen LogP contribution in [0.4, 0.5) is 4.79 Å². The number of esters is 1. The minimum Gasteiger partial charge on any atom is -0.460 e. The molecule has 0 aromatic carbocycles. The molecule has 0 radical (unpaired) electrons. The predicted octanol–water partition coefficient (Wildman–Crippen LogP) is -0.889. The molecular formula is C14H17N5O5. The van der Waals surface area contributed by atoms with Crippen molar-refractivity contribution in [3.05, 3.63) is 39.3 Å². The molecule has 0 aliphatic heterocycles. The molecule has 0 saturated heterocycles. The summed E-state index contributed by atoms with van der Waals surface area (Å²) >= 11 is 0. The molecule has 2 aromatic heterocycles. The van der Waals surface area contributed by atoms with Gasteiger partial charge in [-0.2, -0.15) is 0 Å². The quantitative estimate of drug-likeness (QED) is 0.440. The van der Waals surface area contributed by atoms with E-state index in [1.807, 2.05) is 0 Å². The molecule has 2 rings (SSSR count). The van der Waals surface area contributed by atoms with E-state index in [4.69, 9.17) is 4.74 Å². The fourth-order valence-electron chi connectivity index (χ4n) is 2.01. The van der Waals surface area contributed by atoms with Crippen LogP contribution < -0.4 is 16.6 Å². The Morgan fingerprint density at radius 3 is 2.58 bits per heavy atom. The lowest BCUT2D eigenvalue weighted by atomic mass is 10.4. The fourth-order valence-corrected chi connectivity index (χ4v) is 2.01. The van der Waals surface area contributed by atoms with Gasteiger partial charge in [0.15, 0.2) is 11.2 Å². The number of aromatic nitrogens is 4. The van der Waals surface area contributed by atoms with Crippen molar-refractivity contribution in [3.63, 3.8) is 0 Å². The van der Waals surface area contributed by atoms with Gasteiger partial charge in [0, 0.05) is 19.7 Å². The van der Waals surface area contributed by atoms with Gasteiger partial charge in [-0.25, -0.2) is 23.9 Å². The van der Waals surface area contributed by atoms with Gasteiger partial charge in [-0.3, -0.25) is 13.9 Å². The normalized spacial score (nSPS) is 10.6. The van der Waals surface area contributed by atoms with E-state index in [1.54, 1.807) is 0 Å². The summed E-state index contributed by atoms with van der Waals surface area (Å²) in [6, 6.07) is -0.625. The topological polar surface area (TPSA) is 117 Å². The van der Waals surface area contributed by atoms with Crippen LogP contribution in [0.15, 0.2) is 28.1 Å². The van der Waals surface area contributed by atoms with Crippen molar-refractivity contribution in [2.75, 3.05) is 13.2 Å². The Hall–Kier alpha value is -3.17.